The lowest BCUT2D eigenvalue weighted by molar-refractivity contribution is -0.113. The minimum atomic E-state index is -1.34. The Balaban J connectivity index is 2.68. The summed E-state index contributed by atoms with van der Waals surface area (Å²) in [5, 5.41) is 55.4. The molecule has 7 N–H and O–H groups in total. The van der Waals surface area contributed by atoms with Crippen molar-refractivity contribution in [2.45, 2.75) is 69.4 Å². The third-order valence-corrected chi connectivity index (χ3v) is 4.37. The van der Waals surface area contributed by atoms with Crippen LogP contribution in [-0.4, -0.2) is 86.5 Å². The van der Waals surface area contributed by atoms with E-state index in [0.717, 1.165) is 0 Å². The van der Waals surface area contributed by atoms with Crippen LogP contribution < -0.4 is 10.6 Å². The molecule has 1 aliphatic carbocycles. The molecule has 0 saturated carbocycles. The molecule has 0 aromatic heterocycles. The average Bonchev–Trinajstić information content (AvgIpc) is 2.57. The number of nitrogens with one attached hydrogen (secondary N) is 2. The maximum Gasteiger partial charge on any atom is 0.166 e. The topological polar surface area (TPSA) is 134 Å². The number of ether oxygens (including phenoxy) is 1. The van der Waals surface area contributed by atoms with Gasteiger partial charge in [-0.1, -0.05) is 19.1 Å². The van der Waals surface area contributed by atoms with Crippen LogP contribution in [0.25, 0.3) is 0 Å². The Hall–Kier alpha value is -0.810. The highest BCUT2D eigenvalue weighted by Crippen LogP contribution is 2.17. The first-order chi connectivity index (χ1) is 11.8. The molecule has 0 aliphatic heterocycles. The molecule has 146 valence electrons. The summed E-state index contributed by atoms with van der Waals surface area (Å²) in [6.45, 7) is 4.29. The van der Waals surface area contributed by atoms with E-state index in [2.05, 4.69) is 10.6 Å². The minimum absolute atomic E-state index is 0.0159. The van der Waals surface area contributed by atoms with Crippen LogP contribution in [0.5, 0.6) is 0 Å². The largest absolute Gasteiger partial charge is 0.393 e. The van der Waals surface area contributed by atoms with Gasteiger partial charge in [0.15, 0.2) is 5.11 Å². The number of thiocarbonyl (C=S) groups is 1. The molecule has 9 heteroatoms. The monoisotopic (exact) mass is 378 g/mol. The second kappa shape index (κ2) is 11.0. The summed E-state index contributed by atoms with van der Waals surface area (Å²) in [5.41, 5.74) is 0. The molecule has 0 spiro atoms. The lowest BCUT2D eigenvalue weighted by atomic mass is 9.96. The van der Waals surface area contributed by atoms with Crippen LogP contribution in [-0.2, 0) is 4.74 Å². The fourth-order valence-corrected chi connectivity index (χ4v) is 2.75. The van der Waals surface area contributed by atoms with E-state index in [0.29, 0.717) is 18.1 Å². The van der Waals surface area contributed by atoms with Crippen molar-refractivity contribution in [3.63, 3.8) is 0 Å². The minimum Gasteiger partial charge on any atom is -0.393 e. The van der Waals surface area contributed by atoms with Gasteiger partial charge in [0.05, 0.1) is 24.9 Å². The van der Waals surface area contributed by atoms with Gasteiger partial charge in [-0.25, -0.2) is 0 Å². The summed E-state index contributed by atoms with van der Waals surface area (Å²) in [5.74, 6) is 0. The highest BCUT2D eigenvalue weighted by atomic mass is 32.1. The zero-order chi connectivity index (χ0) is 19.0. The lowest BCUT2D eigenvalue weighted by Crippen LogP contribution is -2.53. The lowest BCUT2D eigenvalue weighted by Gasteiger charge is -2.33. The second-order valence-electron chi connectivity index (χ2n) is 6.13. The van der Waals surface area contributed by atoms with Gasteiger partial charge in [0.25, 0.3) is 0 Å². The molecular formula is C16H30N2O6S. The van der Waals surface area contributed by atoms with Gasteiger partial charge in [-0.2, -0.15) is 0 Å². The molecule has 25 heavy (non-hydrogen) atoms. The molecule has 0 radical (unpaired) electrons. The Morgan fingerprint density at radius 3 is 2.44 bits per heavy atom. The van der Waals surface area contributed by atoms with Crippen molar-refractivity contribution >= 4 is 17.3 Å². The predicted molar refractivity (Wildman–Crippen MR) is 97.0 cm³/mol. The third-order valence-electron chi connectivity index (χ3n) is 4.11. The van der Waals surface area contributed by atoms with Crippen LogP contribution in [0.2, 0.25) is 0 Å². The van der Waals surface area contributed by atoms with Gasteiger partial charge in [-0.15, -0.1) is 0 Å². The molecule has 0 heterocycles. The van der Waals surface area contributed by atoms with Gasteiger partial charge in [-0.05, 0) is 25.6 Å². The molecule has 7 unspecified atom stereocenters. The molecule has 0 fully saturated rings. The molecule has 7 atom stereocenters. The highest BCUT2D eigenvalue weighted by Gasteiger charge is 2.34. The van der Waals surface area contributed by atoms with Gasteiger partial charge in [-0.3, -0.25) is 0 Å². The standard InChI is InChI=1S/C16H30N2O6S/c1-3-9(19)7-12(21)10(18-16(25)17-4-2)8-24-13-6-5-11(20)14(22)15(13)23/h5-6,9-15,19-23H,3-4,7-8H2,1-2H3,(H2,17,18,25). The summed E-state index contributed by atoms with van der Waals surface area (Å²) in [7, 11) is 0. The van der Waals surface area contributed by atoms with E-state index in [9.17, 15) is 25.5 Å². The van der Waals surface area contributed by atoms with Crippen molar-refractivity contribution in [3.05, 3.63) is 12.2 Å². The van der Waals surface area contributed by atoms with Crippen LogP contribution in [0.4, 0.5) is 0 Å². The van der Waals surface area contributed by atoms with Gasteiger partial charge >= 0.3 is 0 Å². The summed E-state index contributed by atoms with van der Waals surface area (Å²) in [6.07, 6.45) is -2.67. The van der Waals surface area contributed by atoms with Crippen molar-refractivity contribution in [2.75, 3.05) is 13.2 Å². The molecular weight excluding hydrogens is 348 g/mol. The normalized spacial score (nSPS) is 29.7. The van der Waals surface area contributed by atoms with Crippen molar-refractivity contribution in [3.8, 4) is 0 Å². The van der Waals surface area contributed by atoms with E-state index < -0.39 is 42.7 Å². The zero-order valence-electron chi connectivity index (χ0n) is 14.6. The number of aliphatic hydroxyl groups excluding tert-OH is 5. The SMILES string of the molecule is CCNC(=S)NC(COC1C=CC(O)C(O)C1O)C(O)CC(O)CC. The second-order valence-corrected chi connectivity index (χ2v) is 6.54. The van der Waals surface area contributed by atoms with Crippen molar-refractivity contribution in [1.29, 1.82) is 0 Å². The molecule has 1 aliphatic rings. The van der Waals surface area contributed by atoms with E-state index in [4.69, 9.17) is 17.0 Å². The van der Waals surface area contributed by atoms with Crippen LogP contribution >= 0.6 is 12.2 Å². The number of aliphatic hydroxyl groups is 5. The average molecular weight is 378 g/mol. The summed E-state index contributed by atoms with van der Waals surface area (Å²) < 4.78 is 5.59. The van der Waals surface area contributed by atoms with E-state index in [-0.39, 0.29) is 13.0 Å². The summed E-state index contributed by atoms with van der Waals surface area (Å²) in [4.78, 5) is 0. The number of hydrogen-bond donors (Lipinski definition) is 7. The molecule has 0 aromatic rings. The quantitative estimate of drug-likeness (QED) is 0.187. The molecule has 0 aromatic carbocycles. The van der Waals surface area contributed by atoms with Crippen molar-refractivity contribution in [1.82, 2.24) is 10.6 Å². The maximum absolute atomic E-state index is 10.4. The summed E-state index contributed by atoms with van der Waals surface area (Å²) in [6, 6.07) is -0.614. The molecule has 1 rings (SSSR count). The first-order valence-corrected chi connectivity index (χ1v) is 8.95. The van der Waals surface area contributed by atoms with Gasteiger partial charge in [0.2, 0.25) is 0 Å². The fourth-order valence-electron chi connectivity index (χ4n) is 2.45. The van der Waals surface area contributed by atoms with Crippen LogP contribution in [0.15, 0.2) is 12.2 Å². The Morgan fingerprint density at radius 2 is 1.84 bits per heavy atom. The Bertz CT molecular complexity index is 439. The number of hydrogen-bond acceptors (Lipinski definition) is 7. The van der Waals surface area contributed by atoms with E-state index in [1.807, 2.05) is 13.8 Å². The molecule has 0 amide bonds. The summed E-state index contributed by atoms with van der Waals surface area (Å²) >= 11 is 5.13. The highest BCUT2D eigenvalue weighted by molar-refractivity contribution is 7.80. The van der Waals surface area contributed by atoms with E-state index in [1.54, 1.807) is 0 Å². The molecule has 8 nitrogen and oxygen atoms in total. The first-order valence-electron chi connectivity index (χ1n) is 8.54. The van der Waals surface area contributed by atoms with Gasteiger partial charge < -0.3 is 40.9 Å². The van der Waals surface area contributed by atoms with Crippen LogP contribution in [0.3, 0.4) is 0 Å². The van der Waals surface area contributed by atoms with Crippen LogP contribution in [0.1, 0.15) is 26.7 Å². The zero-order valence-corrected chi connectivity index (χ0v) is 15.4. The van der Waals surface area contributed by atoms with Crippen molar-refractivity contribution in [2.24, 2.45) is 0 Å². The van der Waals surface area contributed by atoms with Gasteiger partial charge in [0, 0.05) is 13.0 Å². The molecule has 0 bridgehead atoms. The van der Waals surface area contributed by atoms with Crippen molar-refractivity contribution < 1.29 is 30.3 Å². The molecule has 0 saturated heterocycles. The predicted octanol–water partition coefficient (Wildman–Crippen LogP) is -1.60. The van der Waals surface area contributed by atoms with E-state index in [1.165, 1.54) is 12.2 Å². The van der Waals surface area contributed by atoms with E-state index >= 15 is 0 Å². The fraction of sp³-hybridized carbons (Fsp3) is 0.812. The van der Waals surface area contributed by atoms with Gasteiger partial charge in [0.1, 0.15) is 24.4 Å². The Kier molecular flexibility index (Phi) is 9.80. The van der Waals surface area contributed by atoms with Crippen LogP contribution in [0, 0.1) is 0 Å². The Morgan fingerprint density at radius 1 is 1.16 bits per heavy atom. The maximum atomic E-state index is 10.4. The third kappa shape index (κ3) is 7.14. The smallest absolute Gasteiger partial charge is 0.166 e. The Labute approximate surface area is 153 Å². The number of rotatable bonds is 9. The first kappa shape index (κ1) is 22.2.